The Morgan fingerprint density at radius 3 is 1.82 bits per heavy atom. The average molecular weight is 330 g/mol. The molecule has 0 aliphatic carbocycles. The van der Waals surface area contributed by atoms with Gasteiger partial charge in [-0.25, -0.2) is 13.6 Å². The molecule has 10 nitrogen and oxygen atoms in total. The Bertz CT molecular complexity index is 691. The Morgan fingerprint density at radius 1 is 1.00 bits per heavy atom. The van der Waals surface area contributed by atoms with Gasteiger partial charge >= 0.3 is 11.4 Å². The lowest BCUT2D eigenvalue weighted by Gasteiger charge is -2.28. The Labute approximate surface area is 125 Å². The number of hydrogen-bond acceptors (Lipinski definition) is 7. The van der Waals surface area contributed by atoms with Crippen molar-refractivity contribution in [2.45, 2.75) is 24.2 Å². The summed E-state index contributed by atoms with van der Waals surface area (Å²) in [6.45, 7) is 0.882. The van der Waals surface area contributed by atoms with Gasteiger partial charge in [-0.05, 0) is 19.3 Å². The number of nitrogens with two attached hydrogens (primary N) is 1. The first-order valence-electron chi connectivity index (χ1n) is 6.46. The molecule has 0 saturated carbocycles. The van der Waals surface area contributed by atoms with Crippen molar-refractivity contribution in [2.75, 3.05) is 18.0 Å². The third-order valence-electron chi connectivity index (χ3n) is 3.44. The summed E-state index contributed by atoms with van der Waals surface area (Å²) in [4.78, 5) is 21.7. The highest BCUT2D eigenvalue weighted by atomic mass is 32.2. The van der Waals surface area contributed by atoms with Gasteiger partial charge in [0.2, 0.25) is 10.0 Å². The van der Waals surface area contributed by atoms with Crippen LogP contribution in [0.2, 0.25) is 0 Å². The van der Waals surface area contributed by atoms with Gasteiger partial charge in [0, 0.05) is 25.2 Å². The highest BCUT2D eigenvalue weighted by molar-refractivity contribution is 7.89. The molecule has 11 heteroatoms. The van der Waals surface area contributed by atoms with Crippen LogP contribution < -0.4 is 10.0 Å². The van der Waals surface area contributed by atoms with Crippen LogP contribution in [-0.2, 0) is 10.0 Å². The minimum atomic E-state index is -4.29. The van der Waals surface area contributed by atoms with Gasteiger partial charge in [0.15, 0.2) is 5.69 Å². The largest absolute Gasteiger partial charge is 0.360 e. The lowest BCUT2D eigenvalue weighted by molar-refractivity contribution is -0.393. The zero-order chi connectivity index (χ0) is 16.5. The molecule has 0 radical (unpaired) electrons. The molecule has 1 fully saturated rings. The zero-order valence-electron chi connectivity index (χ0n) is 11.5. The van der Waals surface area contributed by atoms with Crippen LogP contribution in [0, 0.1) is 20.2 Å². The first kappa shape index (κ1) is 16.1. The molecular formula is C11H14N4O6S. The number of benzene rings is 1. The first-order valence-corrected chi connectivity index (χ1v) is 8.01. The summed E-state index contributed by atoms with van der Waals surface area (Å²) in [6, 6.07) is 1.54. The van der Waals surface area contributed by atoms with Crippen LogP contribution in [0.4, 0.5) is 17.1 Å². The average Bonchev–Trinajstić information content (AvgIpc) is 2.45. The van der Waals surface area contributed by atoms with E-state index in [9.17, 15) is 28.6 Å². The second kappa shape index (κ2) is 5.85. The molecule has 120 valence electrons. The normalized spacial score (nSPS) is 15.6. The Hall–Kier alpha value is -2.27. The van der Waals surface area contributed by atoms with E-state index in [0.717, 1.165) is 31.4 Å². The van der Waals surface area contributed by atoms with E-state index >= 15 is 0 Å². The summed E-state index contributed by atoms with van der Waals surface area (Å²) < 4.78 is 22.8. The van der Waals surface area contributed by atoms with Crippen LogP contribution in [0.1, 0.15) is 19.3 Å². The van der Waals surface area contributed by atoms with Gasteiger partial charge in [-0.2, -0.15) is 0 Å². The quantitative estimate of drug-likeness (QED) is 0.642. The van der Waals surface area contributed by atoms with E-state index in [1.165, 1.54) is 0 Å². The monoisotopic (exact) mass is 330 g/mol. The fourth-order valence-electron chi connectivity index (χ4n) is 2.46. The van der Waals surface area contributed by atoms with Gasteiger partial charge in [0.05, 0.1) is 14.7 Å². The van der Waals surface area contributed by atoms with Crippen molar-refractivity contribution in [3.8, 4) is 0 Å². The van der Waals surface area contributed by atoms with Crippen molar-refractivity contribution in [1.29, 1.82) is 0 Å². The fraction of sp³-hybridized carbons (Fsp3) is 0.455. The van der Waals surface area contributed by atoms with Crippen molar-refractivity contribution in [3.63, 3.8) is 0 Å². The smallest absolute Gasteiger partial charge is 0.301 e. The predicted molar refractivity (Wildman–Crippen MR) is 77.2 cm³/mol. The van der Waals surface area contributed by atoms with Crippen molar-refractivity contribution >= 4 is 27.1 Å². The summed E-state index contributed by atoms with van der Waals surface area (Å²) in [5, 5.41) is 27.4. The molecule has 0 unspecified atom stereocenters. The van der Waals surface area contributed by atoms with Crippen molar-refractivity contribution in [3.05, 3.63) is 32.4 Å². The number of hydrogen-bond donors (Lipinski definition) is 1. The van der Waals surface area contributed by atoms with E-state index in [1.54, 1.807) is 4.90 Å². The standard InChI is InChI=1S/C11H14N4O6S/c12-22(20,21)8-6-9(14(16)17)11(10(7-8)15(18)19)13-4-2-1-3-5-13/h6-7H,1-5H2,(H2,12,20,21). The molecule has 1 heterocycles. The summed E-state index contributed by atoms with van der Waals surface area (Å²) in [6.07, 6.45) is 2.45. The van der Waals surface area contributed by atoms with E-state index in [2.05, 4.69) is 0 Å². The molecule has 1 aliphatic heterocycles. The molecular weight excluding hydrogens is 316 g/mol. The molecule has 1 aliphatic rings. The van der Waals surface area contributed by atoms with E-state index < -0.39 is 36.1 Å². The van der Waals surface area contributed by atoms with Gasteiger partial charge in [0.25, 0.3) is 0 Å². The van der Waals surface area contributed by atoms with Crippen molar-refractivity contribution in [2.24, 2.45) is 5.14 Å². The van der Waals surface area contributed by atoms with Crippen LogP contribution >= 0.6 is 0 Å². The second-order valence-electron chi connectivity index (χ2n) is 4.92. The fourth-order valence-corrected chi connectivity index (χ4v) is 3.02. The van der Waals surface area contributed by atoms with Gasteiger partial charge < -0.3 is 4.90 Å². The predicted octanol–water partition coefficient (Wildman–Crippen LogP) is 1.14. The summed E-state index contributed by atoms with van der Waals surface area (Å²) >= 11 is 0. The number of nitro benzene ring substituents is 2. The van der Waals surface area contributed by atoms with Crippen LogP contribution in [0.15, 0.2) is 17.0 Å². The summed E-state index contributed by atoms with van der Waals surface area (Å²) in [7, 11) is -4.29. The molecule has 1 saturated heterocycles. The lowest BCUT2D eigenvalue weighted by Crippen LogP contribution is -2.30. The molecule has 0 amide bonds. The van der Waals surface area contributed by atoms with Crippen LogP contribution in [0.25, 0.3) is 0 Å². The molecule has 0 bridgehead atoms. The highest BCUT2D eigenvalue weighted by Crippen LogP contribution is 2.40. The molecule has 2 rings (SSSR count). The molecule has 1 aromatic carbocycles. The second-order valence-corrected chi connectivity index (χ2v) is 6.48. The third kappa shape index (κ3) is 3.14. The molecule has 0 spiro atoms. The maximum Gasteiger partial charge on any atom is 0.301 e. The number of anilines is 1. The Kier molecular flexibility index (Phi) is 4.28. The molecule has 2 N–H and O–H groups in total. The molecule has 22 heavy (non-hydrogen) atoms. The number of piperidine rings is 1. The lowest BCUT2D eigenvalue weighted by atomic mass is 10.1. The Morgan fingerprint density at radius 2 is 1.45 bits per heavy atom. The van der Waals surface area contributed by atoms with Crippen LogP contribution in [0.5, 0.6) is 0 Å². The highest BCUT2D eigenvalue weighted by Gasteiger charge is 2.33. The van der Waals surface area contributed by atoms with Gasteiger partial charge in [-0.3, -0.25) is 20.2 Å². The number of sulfonamides is 1. The van der Waals surface area contributed by atoms with E-state index in [4.69, 9.17) is 5.14 Å². The van der Waals surface area contributed by atoms with Gasteiger partial charge in [0.1, 0.15) is 0 Å². The van der Waals surface area contributed by atoms with Crippen LogP contribution in [-0.4, -0.2) is 31.4 Å². The Balaban J connectivity index is 2.73. The number of primary sulfonamides is 1. The molecule has 1 aromatic rings. The van der Waals surface area contributed by atoms with Crippen molar-refractivity contribution < 1.29 is 18.3 Å². The maximum absolute atomic E-state index is 11.4. The summed E-state index contributed by atoms with van der Waals surface area (Å²) in [5.74, 6) is 0. The topological polar surface area (TPSA) is 150 Å². The number of rotatable bonds is 4. The van der Waals surface area contributed by atoms with E-state index in [1.807, 2.05) is 0 Å². The number of nitrogens with zero attached hydrogens (tertiary/aromatic N) is 3. The first-order chi connectivity index (χ1) is 10.2. The summed E-state index contributed by atoms with van der Waals surface area (Å²) in [5.41, 5.74) is -1.41. The zero-order valence-corrected chi connectivity index (χ0v) is 12.3. The number of nitro groups is 2. The maximum atomic E-state index is 11.4. The molecule has 0 atom stereocenters. The van der Waals surface area contributed by atoms with E-state index in [-0.39, 0.29) is 5.69 Å². The third-order valence-corrected chi connectivity index (χ3v) is 4.33. The van der Waals surface area contributed by atoms with Crippen LogP contribution in [0.3, 0.4) is 0 Å². The van der Waals surface area contributed by atoms with E-state index in [0.29, 0.717) is 13.1 Å². The minimum absolute atomic E-state index is 0.165. The minimum Gasteiger partial charge on any atom is -0.360 e. The van der Waals surface area contributed by atoms with Crippen molar-refractivity contribution in [1.82, 2.24) is 0 Å². The SMILES string of the molecule is NS(=O)(=O)c1cc([N+](=O)[O-])c(N2CCCCC2)c([N+](=O)[O-])c1. The van der Waals surface area contributed by atoms with Gasteiger partial charge in [-0.1, -0.05) is 0 Å². The van der Waals surface area contributed by atoms with Gasteiger partial charge in [-0.15, -0.1) is 0 Å². The molecule has 0 aromatic heterocycles.